The maximum atomic E-state index is 14.0. The molecule has 0 aliphatic carbocycles. The highest BCUT2D eigenvalue weighted by molar-refractivity contribution is 5.86. The molecule has 27 heavy (non-hydrogen) atoms. The summed E-state index contributed by atoms with van der Waals surface area (Å²) >= 11 is 0. The zero-order valence-corrected chi connectivity index (χ0v) is 15.8. The quantitative estimate of drug-likeness (QED) is 0.125. The van der Waals surface area contributed by atoms with E-state index in [4.69, 9.17) is 4.74 Å². The number of rotatable bonds is 8. The molecule has 1 rings (SSSR count). The Labute approximate surface area is 155 Å². The number of quaternary nitrogens is 1. The first-order valence-electron chi connectivity index (χ1n) is 8.19. The van der Waals surface area contributed by atoms with Crippen molar-refractivity contribution in [3.05, 3.63) is 58.5 Å². The van der Waals surface area contributed by atoms with Crippen LogP contribution in [-0.4, -0.2) is 37.2 Å². The molecule has 3 nitrogen and oxygen atoms in total. The first-order valence-corrected chi connectivity index (χ1v) is 8.19. The van der Waals surface area contributed by atoms with Crippen molar-refractivity contribution in [2.45, 2.75) is 27.3 Å². The summed E-state index contributed by atoms with van der Waals surface area (Å²) < 4.78 is 73.2. The maximum Gasteiger partial charge on any atom is 0.333 e. The van der Waals surface area contributed by atoms with E-state index in [-0.39, 0.29) is 29.8 Å². The van der Waals surface area contributed by atoms with Crippen LogP contribution < -0.4 is 0 Å². The second-order valence-corrected chi connectivity index (χ2v) is 6.93. The van der Waals surface area contributed by atoms with Gasteiger partial charge in [0.1, 0.15) is 19.7 Å². The van der Waals surface area contributed by atoms with Gasteiger partial charge in [-0.25, -0.2) is 26.7 Å². The molecule has 0 saturated carbocycles. The van der Waals surface area contributed by atoms with Crippen LogP contribution in [-0.2, 0) is 16.1 Å². The molecule has 0 saturated heterocycles. The molecule has 0 bridgehead atoms. The Morgan fingerprint density at radius 2 is 1.48 bits per heavy atom. The fraction of sp³-hybridized carbons (Fsp3) is 0.421. The summed E-state index contributed by atoms with van der Waals surface area (Å²) in [7, 11) is 1.58. The van der Waals surface area contributed by atoms with Crippen LogP contribution in [0.15, 0.2) is 23.8 Å². The third kappa shape index (κ3) is 5.89. The van der Waals surface area contributed by atoms with E-state index in [9.17, 15) is 26.7 Å². The van der Waals surface area contributed by atoms with Crippen molar-refractivity contribution in [1.29, 1.82) is 0 Å². The minimum atomic E-state index is -2.19. The molecule has 0 heterocycles. The molecule has 0 aliphatic heterocycles. The lowest BCUT2D eigenvalue weighted by Gasteiger charge is -2.34. The third-order valence-electron chi connectivity index (χ3n) is 3.99. The van der Waals surface area contributed by atoms with E-state index in [1.54, 1.807) is 13.1 Å². The zero-order chi connectivity index (χ0) is 20.9. The standard InChI is InChI=1S/C19H23F5NO2/c1-11(2)6-7-25(5,8-9-27-19(26)12(3)4)10-13-14(20)16(22)18(24)17(23)15(13)21/h6H,3,7-10H2,1-2,4-5H3/q+1. The summed E-state index contributed by atoms with van der Waals surface area (Å²) in [6.45, 7) is 8.29. The van der Waals surface area contributed by atoms with Crippen LogP contribution in [0.5, 0.6) is 0 Å². The summed E-state index contributed by atoms with van der Waals surface area (Å²) in [5.41, 5.74) is 0.200. The van der Waals surface area contributed by atoms with Crippen LogP contribution >= 0.6 is 0 Å². The average molecular weight is 392 g/mol. The molecule has 1 atom stereocenters. The number of nitrogens with zero attached hydrogens (tertiary/aromatic N) is 1. The van der Waals surface area contributed by atoms with E-state index < -0.39 is 47.2 Å². The molecule has 8 heteroatoms. The SMILES string of the molecule is C=C(C)C(=O)OCC[N+](C)(CC=C(C)C)Cc1c(F)c(F)c(F)c(F)c1F. The average Bonchev–Trinajstić information content (AvgIpc) is 2.60. The smallest absolute Gasteiger partial charge is 0.333 e. The lowest BCUT2D eigenvalue weighted by molar-refractivity contribution is -0.917. The van der Waals surface area contributed by atoms with Gasteiger partial charge in [-0.15, -0.1) is 0 Å². The molecule has 0 radical (unpaired) electrons. The van der Waals surface area contributed by atoms with Gasteiger partial charge in [0.25, 0.3) is 0 Å². The summed E-state index contributed by atoms with van der Waals surface area (Å²) in [6, 6.07) is 0. The molecular weight excluding hydrogens is 369 g/mol. The Morgan fingerprint density at radius 1 is 1.00 bits per heavy atom. The van der Waals surface area contributed by atoms with E-state index in [2.05, 4.69) is 6.58 Å². The van der Waals surface area contributed by atoms with E-state index >= 15 is 0 Å². The van der Waals surface area contributed by atoms with Gasteiger partial charge in [-0.2, -0.15) is 0 Å². The fourth-order valence-corrected chi connectivity index (χ4v) is 2.29. The van der Waals surface area contributed by atoms with Crippen LogP contribution in [0.2, 0.25) is 0 Å². The molecule has 0 fully saturated rings. The Hall–Kier alpha value is -2.22. The van der Waals surface area contributed by atoms with Gasteiger partial charge in [-0.1, -0.05) is 12.2 Å². The van der Waals surface area contributed by atoms with E-state index in [0.29, 0.717) is 0 Å². The minimum Gasteiger partial charge on any atom is -0.456 e. The molecule has 1 aromatic rings. The van der Waals surface area contributed by atoms with Crippen molar-refractivity contribution in [1.82, 2.24) is 0 Å². The zero-order valence-electron chi connectivity index (χ0n) is 15.8. The van der Waals surface area contributed by atoms with Gasteiger partial charge in [0.2, 0.25) is 5.82 Å². The second-order valence-electron chi connectivity index (χ2n) is 6.93. The van der Waals surface area contributed by atoms with Crippen LogP contribution in [0.25, 0.3) is 0 Å². The Morgan fingerprint density at radius 3 is 1.93 bits per heavy atom. The summed E-state index contributed by atoms with van der Waals surface area (Å²) in [5, 5.41) is 0. The Balaban J connectivity index is 3.17. The lowest BCUT2D eigenvalue weighted by atomic mass is 10.1. The van der Waals surface area contributed by atoms with E-state index in [1.807, 2.05) is 13.8 Å². The lowest BCUT2D eigenvalue weighted by Crippen LogP contribution is -2.46. The molecule has 0 aromatic heterocycles. The number of halogens is 5. The Bertz CT molecular complexity index is 743. The van der Waals surface area contributed by atoms with E-state index in [0.717, 1.165) is 5.57 Å². The van der Waals surface area contributed by atoms with Crippen molar-refractivity contribution in [2.75, 3.05) is 26.7 Å². The van der Waals surface area contributed by atoms with Gasteiger partial charge in [-0.3, -0.25) is 0 Å². The summed E-state index contributed by atoms with van der Waals surface area (Å²) in [6.07, 6.45) is 1.77. The van der Waals surface area contributed by atoms with Crippen molar-refractivity contribution >= 4 is 5.97 Å². The monoisotopic (exact) mass is 392 g/mol. The molecule has 0 amide bonds. The number of likely N-dealkylation sites (N-methyl/N-ethyl adjacent to an activating group) is 1. The number of carbonyl (C=O) groups is 1. The van der Waals surface area contributed by atoms with Gasteiger partial charge < -0.3 is 9.22 Å². The van der Waals surface area contributed by atoms with Crippen molar-refractivity contribution < 1.29 is 36.0 Å². The van der Waals surface area contributed by atoms with Crippen molar-refractivity contribution in [2.24, 2.45) is 0 Å². The van der Waals surface area contributed by atoms with Crippen LogP contribution in [0.3, 0.4) is 0 Å². The third-order valence-corrected chi connectivity index (χ3v) is 3.99. The van der Waals surface area contributed by atoms with Crippen LogP contribution in [0.4, 0.5) is 22.0 Å². The summed E-state index contributed by atoms with van der Waals surface area (Å²) in [5.74, 6) is -10.5. The predicted octanol–water partition coefficient (Wildman–Crippen LogP) is 4.41. The van der Waals surface area contributed by atoms with Gasteiger partial charge >= 0.3 is 5.97 Å². The molecule has 1 aromatic carbocycles. The maximum absolute atomic E-state index is 14.0. The van der Waals surface area contributed by atoms with Gasteiger partial charge in [0, 0.05) is 5.57 Å². The molecule has 0 N–H and O–H groups in total. The van der Waals surface area contributed by atoms with Crippen LogP contribution in [0.1, 0.15) is 26.3 Å². The Kier molecular flexibility index (Phi) is 7.71. The van der Waals surface area contributed by atoms with Crippen molar-refractivity contribution in [3.63, 3.8) is 0 Å². The number of allylic oxidation sites excluding steroid dienone is 1. The van der Waals surface area contributed by atoms with Gasteiger partial charge in [0.15, 0.2) is 23.3 Å². The molecule has 0 aliphatic rings. The summed E-state index contributed by atoms with van der Waals surface area (Å²) in [4.78, 5) is 11.5. The first-order chi connectivity index (χ1) is 12.4. The van der Waals surface area contributed by atoms with Gasteiger partial charge in [-0.05, 0) is 26.8 Å². The molecule has 150 valence electrons. The predicted molar refractivity (Wildman–Crippen MR) is 91.1 cm³/mol. The molecule has 0 spiro atoms. The van der Waals surface area contributed by atoms with Gasteiger partial charge in [0.05, 0.1) is 19.2 Å². The number of benzene rings is 1. The highest BCUT2D eigenvalue weighted by atomic mass is 19.2. The van der Waals surface area contributed by atoms with E-state index in [1.165, 1.54) is 6.92 Å². The van der Waals surface area contributed by atoms with Crippen molar-refractivity contribution in [3.8, 4) is 0 Å². The normalized spacial score (nSPS) is 13.1. The molecular formula is C19H23F5NO2+. The number of hydrogen-bond acceptors (Lipinski definition) is 2. The fourth-order valence-electron chi connectivity index (χ4n) is 2.29. The highest BCUT2D eigenvalue weighted by Crippen LogP contribution is 2.26. The highest BCUT2D eigenvalue weighted by Gasteiger charge is 2.31. The minimum absolute atomic E-state index is 0.0995. The largest absolute Gasteiger partial charge is 0.456 e. The topological polar surface area (TPSA) is 26.3 Å². The van der Waals surface area contributed by atoms with Crippen LogP contribution in [0, 0.1) is 29.1 Å². The number of ether oxygens (including phenoxy) is 1. The number of hydrogen-bond donors (Lipinski definition) is 0. The second kappa shape index (κ2) is 9.12. The molecule has 1 unspecified atom stereocenters. The number of esters is 1. The number of carbonyl (C=O) groups excluding carboxylic acids is 1. The first kappa shape index (κ1) is 22.8.